The predicted octanol–water partition coefficient (Wildman–Crippen LogP) is 1.07. The van der Waals surface area contributed by atoms with Gasteiger partial charge in [-0.25, -0.2) is 4.39 Å². The van der Waals surface area contributed by atoms with Gasteiger partial charge in [0.2, 0.25) is 0 Å². The molecule has 0 unspecified atom stereocenters. The summed E-state index contributed by atoms with van der Waals surface area (Å²) in [6.45, 7) is 0.122. The first-order valence-electron chi connectivity index (χ1n) is 4.40. The Bertz CT molecular complexity index is 379. The summed E-state index contributed by atoms with van der Waals surface area (Å²) in [7, 11) is 1.32. The fraction of sp³-hybridized carbons (Fsp3) is 0.300. The van der Waals surface area contributed by atoms with E-state index in [-0.39, 0.29) is 24.3 Å². The third-order valence-corrected chi connectivity index (χ3v) is 1.95. The molecule has 3 N–H and O–H groups in total. The SMILES string of the molecule is COc1ccc(O)c(F)c1C(=O)CCN. The molecule has 0 aliphatic carbocycles. The van der Waals surface area contributed by atoms with Crippen molar-refractivity contribution in [3.63, 3.8) is 0 Å². The monoisotopic (exact) mass is 213 g/mol. The summed E-state index contributed by atoms with van der Waals surface area (Å²) in [4.78, 5) is 11.5. The van der Waals surface area contributed by atoms with E-state index >= 15 is 0 Å². The van der Waals surface area contributed by atoms with Crippen LogP contribution in [0.2, 0.25) is 0 Å². The fourth-order valence-electron chi connectivity index (χ4n) is 1.23. The Kier molecular flexibility index (Phi) is 3.62. The maximum absolute atomic E-state index is 13.4. The van der Waals surface area contributed by atoms with Crippen LogP contribution in [0.5, 0.6) is 11.5 Å². The van der Waals surface area contributed by atoms with E-state index < -0.39 is 17.3 Å². The number of halogens is 1. The molecule has 0 spiro atoms. The second-order valence-electron chi connectivity index (χ2n) is 2.94. The Hall–Kier alpha value is -1.62. The second kappa shape index (κ2) is 4.75. The molecule has 0 radical (unpaired) electrons. The lowest BCUT2D eigenvalue weighted by Crippen LogP contribution is -2.11. The molecule has 0 saturated carbocycles. The molecule has 82 valence electrons. The zero-order valence-corrected chi connectivity index (χ0v) is 8.29. The van der Waals surface area contributed by atoms with Gasteiger partial charge in [0.05, 0.1) is 12.7 Å². The van der Waals surface area contributed by atoms with E-state index in [1.54, 1.807) is 0 Å². The zero-order chi connectivity index (χ0) is 11.4. The van der Waals surface area contributed by atoms with Crippen LogP contribution in [0.15, 0.2) is 12.1 Å². The van der Waals surface area contributed by atoms with Crippen molar-refractivity contribution in [1.29, 1.82) is 0 Å². The maximum Gasteiger partial charge on any atom is 0.179 e. The first kappa shape index (κ1) is 11.5. The Labute approximate surface area is 86.5 Å². The number of ether oxygens (including phenoxy) is 1. The molecule has 0 amide bonds. The van der Waals surface area contributed by atoms with E-state index in [9.17, 15) is 9.18 Å². The van der Waals surface area contributed by atoms with Crippen molar-refractivity contribution < 1.29 is 19.0 Å². The van der Waals surface area contributed by atoms with Crippen LogP contribution < -0.4 is 10.5 Å². The summed E-state index contributed by atoms with van der Waals surface area (Å²) in [5.41, 5.74) is 4.95. The number of rotatable bonds is 4. The van der Waals surface area contributed by atoms with Crippen molar-refractivity contribution in [3.8, 4) is 11.5 Å². The topological polar surface area (TPSA) is 72.5 Å². The molecule has 5 heteroatoms. The van der Waals surface area contributed by atoms with Gasteiger partial charge >= 0.3 is 0 Å². The van der Waals surface area contributed by atoms with Gasteiger partial charge in [0.25, 0.3) is 0 Å². The van der Waals surface area contributed by atoms with Crippen molar-refractivity contribution in [3.05, 3.63) is 23.5 Å². The number of nitrogens with two attached hydrogens (primary N) is 1. The first-order valence-corrected chi connectivity index (χ1v) is 4.40. The summed E-state index contributed by atoms with van der Waals surface area (Å²) < 4.78 is 18.3. The number of aromatic hydroxyl groups is 1. The average molecular weight is 213 g/mol. The highest BCUT2D eigenvalue weighted by molar-refractivity contribution is 5.99. The molecule has 0 atom stereocenters. The number of hydrogen-bond acceptors (Lipinski definition) is 4. The number of ketones is 1. The van der Waals surface area contributed by atoms with Gasteiger partial charge in [-0.05, 0) is 18.7 Å². The van der Waals surface area contributed by atoms with E-state index in [0.717, 1.165) is 6.07 Å². The summed E-state index contributed by atoms with van der Waals surface area (Å²) in [5.74, 6) is -1.92. The third kappa shape index (κ3) is 2.24. The molecule has 0 fully saturated rings. The normalized spacial score (nSPS) is 10.1. The molecular weight excluding hydrogens is 201 g/mol. The van der Waals surface area contributed by atoms with Crippen LogP contribution in [-0.4, -0.2) is 24.5 Å². The molecule has 0 heterocycles. The predicted molar refractivity (Wildman–Crippen MR) is 52.6 cm³/mol. The molecule has 4 nitrogen and oxygen atoms in total. The van der Waals surface area contributed by atoms with Crippen molar-refractivity contribution in [1.82, 2.24) is 0 Å². The Morgan fingerprint density at radius 3 is 2.80 bits per heavy atom. The van der Waals surface area contributed by atoms with Crippen LogP contribution >= 0.6 is 0 Å². The first-order chi connectivity index (χ1) is 7.11. The lowest BCUT2D eigenvalue weighted by molar-refractivity contribution is 0.0977. The number of carbonyl (C=O) groups excluding carboxylic acids is 1. The number of phenols is 1. The average Bonchev–Trinajstić information content (AvgIpc) is 2.22. The molecule has 1 rings (SSSR count). The summed E-state index contributed by atoms with van der Waals surface area (Å²) >= 11 is 0. The van der Waals surface area contributed by atoms with Gasteiger partial charge in [0.15, 0.2) is 17.3 Å². The molecule has 1 aromatic carbocycles. The molecule has 0 aromatic heterocycles. The number of phenolic OH excluding ortho intramolecular Hbond substituents is 1. The maximum atomic E-state index is 13.4. The van der Waals surface area contributed by atoms with Crippen LogP contribution in [0, 0.1) is 5.82 Å². The van der Waals surface area contributed by atoms with Crippen molar-refractivity contribution in [2.75, 3.05) is 13.7 Å². The van der Waals surface area contributed by atoms with Crippen LogP contribution in [-0.2, 0) is 0 Å². The minimum Gasteiger partial charge on any atom is -0.505 e. The molecule has 0 aliphatic heterocycles. The fourth-order valence-corrected chi connectivity index (χ4v) is 1.23. The number of benzene rings is 1. The van der Waals surface area contributed by atoms with Crippen LogP contribution in [0.4, 0.5) is 4.39 Å². The summed E-state index contributed by atoms with van der Waals surface area (Å²) in [6, 6.07) is 2.47. The molecule has 0 bridgehead atoms. The third-order valence-electron chi connectivity index (χ3n) is 1.95. The van der Waals surface area contributed by atoms with Crippen molar-refractivity contribution >= 4 is 5.78 Å². The number of methoxy groups -OCH3 is 1. The largest absolute Gasteiger partial charge is 0.505 e. The van der Waals surface area contributed by atoms with E-state index in [1.165, 1.54) is 13.2 Å². The lowest BCUT2D eigenvalue weighted by Gasteiger charge is -2.08. The van der Waals surface area contributed by atoms with E-state index in [2.05, 4.69) is 0 Å². The number of hydrogen-bond donors (Lipinski definition) is 2. The highest BCUT2D eigenvalue weighted by atomic mass is 19.1. The van der Waals surface area contributed by atoms with Crippen molar-refractivity contribution in [2.45, 2.75) is 6.42 Å². The zero-order valence-electron chi connectivity index (χ0n) is 8.29. The van der Waals surface area contributed by atoms with E-state index in [4.69, 9.17) is 15.6 Å². The molecule has 0 saturated heterocycles. The molecule has 0 aliphatic rings. The van der Waals surface area contributed by atoms with Crippen LogP contribution in [0.1, 0.15) is 16.8 Å². The van der Waals surface area contributed by atoms with E-state index in [0.29, 0.717) is 0 Å². The van der Waals surface area contributed by atoms with Crippen molar-refractivity contribution in [2.24, 2.45) is 5.73 Å². The summed E-state index contributed by atoms with van der Waals surface area (Å²) in [5, 5.41) is 9.12. The van der Waals surface area contributed by atoms with Gasteiger partial charge in [0.1, 0.15) is 5.75 Å². The highest BCUT2D eigenvalue weighted by Crippen LogP contribution is 2.28. The molecule has 15 heavy (non-hydrogen) atoms. The van der Waals surface area contributed by atoms with Gasteiger partial charge in [-0.1, -0.05) is 0 Å². The quantitative estimate of drug-likeness (QED) is 0.734. The van der Waals surface area contributed by atoms with Gasteiger partial charge in [-0.2, -0.15) is 0 Å². The smallest absolute Gasteiger partial charge is 0.179 e. The van der Waals surface area contributed by atoms with Gasteiger partial charge in [-0.3, -0.25) is 4.79 Å². The Morgan fingerprint density at radius 1 is 1.60 bits per heavy atom. The number of carbonyl (C=O) groups is 1. The molecular formula is C10H12FNO3. The van der Waals surface area contributed by atoms with Gasteiger partial charge < -0.3 is 15.6 Å². The minimum absolute atomic E-state index is 0.0106. The highest BCUT2D eigenvalue weighted by Gasteiger charge is 2.19. The minimum atomic E-state index is -0.965. The Morgan fingerprint density at radius 2 is 2.27 bits per heavy atom. The lowest BCUT2D eigenvalue weighted by atomic mass is 10.1. The van der Waals surface area contributed by atoms with E-state index in [1.807, 2.05) is 0 Å². The van der Waals surface area contributed by atoms with Crippen LogP contribution in [0.3, 0.4) is 0 Å². The van der Waals surface area contributed by atoms with Crippen LogP contribution in [0.25, 0.3) is 0 Å². The summed E-state index contributed by atoms with van der Waals surface area (Å²) in [6.07, 6.45) is 0.0106. The van der Waals surface area contributed by atoms with Gasteiger partial charge in [-0.15, -0.1) is 0 Å². The molecule has 1 aromatic rings. The second-order valence-corrected chi connectivity index (χ2v) is 2.94. The van der Waals surface area contributed by atoms with Gasteiger partial charge in [0, 0.05) is 6.42 Å². The number of Topliss-reactive ketones (excluding diaryl/α,β-unsaturated/α-hetero) is 1. The standard InChI is InChI=1S/C10H12FNO3/c1-15-8-3-2-7(14)10(11)9(8)6(13)4-5-12/h2-3,14H,4-5,12H2,1H3. The Balaban J connectivity index is 3.23.